The molecule has 2 heterocycles. The normalized spacial score (nSPS) is 11.7. The third-order valence-electron chi connectivity index (χ3n) is 3.53. The molecule has 124 valence electrons. The first-order valence-electron chi connectivity index (χ1n) is 7.48. The molecular formula is C17H18N4O2S. The van der Waals surface area contributed by atoms with E-state index in [2.05, 4.69) is 15.7 Å². The van der Waals surface area contributed by atoms with E-state index in [1.807, 2.05) is 46.6 Å². The molecule has 0 fully saturated rings. The Bertz CT molecular complexity index is 738. The molecule has 2 amide bonds. The summed E-state index contributed by atoms with van der Waals surface area (Å²) in [6.45, 7) is 0.434. The summed E-state index contributed by atoms with van der Waals surface area (Å²) in [5.41, 5.74) is 0.629. The lowest BCUT2D eigenvalue weighted by molar-refractivity contribution is 0.250. The quantitative estimate of drug-likeness (QED) is 0.722. The molecule has 2 N–H and O–H groups in total. The summed E-state index contributed by atoms with van der Waals surface area (Å²) in [4.78, 5) is 13.4. The Labute approximate surface area is 144 Å². The highest BCUT2D eigenvalue weighted by molar-refractivity contribution is 7.10. The van der Waals surface area contributed by atoms with Crippen LogP contribution in [0.15, 0.2) is 60.2 Å². The first-order valence-corrected chi connectivity index (χ1v) is 8.36. The molecule has 3 aromatic rings. The zero-order valence-corrected chi connectivity index (χ0v) is 14.0. The van der Waals surface area contributed by atoms with E-state index in [4.69, 9.17) is 4.74 Å². The van der Waals surface area contributed by atoms with E-state index in [1.165, 1.54) is 0 Å². The van der Waals surface area contributed by atoms with Crippen molar-refractivity contribution in [1.82, 2.24) is 15.1 Å². The Morgan fingerprint density at radius 2 is 2.17 bits per heavy atom. The average molecular weight is 342 g/mol. The number of carbonyl (C=O) groups is 1. The molecule has 0 aliphatic rings. The average Bonchev–Trinajstić information content (AvgIpc) is 3.30. The third-order valence-corrected chi connectivity index (χ3v) is 4.50. The molecule has 3 rings (SSSR count). The van der Waals surface area contributed by atoms with E-state index in [0.29, 0.717) is 18.0 Å². The van der Waals surface area contributed by atoms with Crippen LogP contribution in [0.1, 0.15) is 10.9 Å². The van der Waals surface area contributed by atoms with Crippen molar-refractivity contribution < 1.29 is 9.53 Å². The van der Waals surface area contributed by atoms with Crippen molar-refractivity contribution in [2.24, 2.45) is 0 Å². The Hall–Kier alpha value is -2.80. The number of rotatable bonds is 6. The fraction of sp³-hybridized carbons (Fsp3) is 0.176. The molecule has 0 radical (unpaired) electrons. The number of nitrogens with one attached hydrogen (secondary N) is 2. The van der Waals surface area contributed by atoms with E-state index < -0.39 is 0 Å². The molecule has 0 aliphatic heterocycles. The number of urea groups is 1. The van der Waals surface area contributed by atoms with Crippen molar-refractivity contribution in [1.29, 1.82) is 0 Å². The zero-order chi connectivity index (χ0) is 16.8. The summed E-state index contributed by atoms with van der Waals surface area (Å²) in [5.74, 6) is 0.620. The van der Waals surface area contributed by atoms with E-state index in [1.54, 1.807) is 36.8 Å². The second-order valence-electron chi connectivity index (χ2n) is 5.05. The molecule has 24 heavy (non-hydrogen) atoms. The number of hydrogen-bond donors (Lipinski definition) is 2. The maximum absolute atomic E-state index is 12.2. The zero-order valence-electron chi connectivity index (χ0n) is 13.2. The predicted octanol–water partition coefficient (Wildman–Crippen LogP) is 3.36. The molecule has 0 bridgehead atoms. The van der Waals surface area contributed by atoms with Crippen molar-refractivity contribution in [3.63, 3.8) is 0 Å². The van der Waals surface area contributed by atoms with Crippen molar-refractivity contribution >= 4 is 23.1 Å². The van der Waals surface area contributed by atoms with Crippen LogP contribution in [0.2, 0.25) is 0 Å². The van der Waals surface area contributed by atoms with Crippen LogP contribution in [-0.4, -0.2) is 29.5 Å². The lowest BCUT2D eigenvalue weighted by atomic mass is 10.2. The maximum Gasteiger partial charge on any atom is 0.319 e. The molecular weight excluding hydrogens is 324 g/mol. The molecule has 6 nitrogen and oxygen atoms in total. The second-order valence-corrected chi connectivity index (χ2v) is 6.03. The van der Waals surface area contributed by atoms with Gasteiger partial charge < -0.3 is 15.4 Å². The number of para-hydroxylation sites is 2. The lowest BCUT2D eigenvalue weighted by Crippen LogP contribution is -2.34. The summed E-state index contributed by atoms with van der Waals surface area (Å²) < 4.78 is 7.08. The van der Waals surface area contributed by atoms with E-state index in [-0.39, 0.29) is 12.1 Å². The number of benzene rings is 1. The Balaban J connectivity index is 1.65. The Kier molecular flexibility index (Phi) is 5.12. The maximum atomic E-state index is 12.2. The summed E-state index contributed by atoms with van der Waals surface area (Å²) in [6, 6.07) is 12.9. The third kappa shape index (κ3) is 3.75. The van der Waals surface area contributed by atoms with Gasteiger partial charge >= 0.3 is 6.03 Å². The van der Waals surface area contributed by atoms with Crippen LogP contribution in [0.4, 0.5) is 10.5 Å². The monoisotopic (exact) mass is 342 g/mol. The van der Waals surface area contributed by atoms with Crippen molar-refractivity contribution in [2.45, 2.75) is 6.04 Å². The van der Waals surface area contributed by atoms with Crippen molar-refractivity contribution in [3.8, 4) is 5.75 Å². The molecule has 0 saturated heterocycles. The van der Waals surface area contributed by atoms with Crippen LogP contribution >= 0.6 is 11.3 Å². The molecule has 0 spiro atoms. The van der Waals surface area contributed by atoms with Gasteiger partial charge in [-0.2, -0.15) is 5.10 Å². The van der Waals surface area contributed by atoms with Gasteiger partial charge in [0.25, 0.3) is 0 Å². The summed E-state index contributed by atoms with van der Waals surface area (Å²) >= 11 is 1.64. The fourth-order valence-electron chi connectivity index (χ4n) is 2.37. The molecule has 1 unspecified atom stereocenters. The number of ether oxygens (including phenoxy) is 1. The highest BCUT2D eigenvalue weighted by Crippen LogP contribution is 2.24. The smallest absolute Gasteiger partial charge is 0.319 e. The van der Waals surface area contributed by atoms with Crippen LogP contribution in [0, 0.1) is 0 Å². The molecule has 7 heteroatoms. The van der Waals surface area contributed by atoms with Gasteiger partial charge in [-0.05, 0) is 29.6 Å². The molecule has 1 atom stereocenters. The molecule has 0 saturated carbocycles. The number of hydrogen-bond acceptors (Lipinski definition) is 4. The Morgan fingerprint density at radius 3 is 2.88 bits per heavy atom. The van der Waals surface area contributed by atoms with Gasteiger partial charge in [-0.3, -0.25) is 4.68 Å². The number of amides is 2. The van der Waals surface area contributed by atoms with E-state index >= 15 is 0 Å². The van der Waals surface area contributed by atoms with Crippen LogP contribution < -0.4 is 15.4 Å². The fourth-order valence-corrected chi connectivity index (χ4v) is 3.19. The number of methoxy groups -OCH3 is 1. The van der Waals surface area contributed by atoms with Crippen LogP contribution in [0.3, 0.4) is 0 Å². The van der Waals surface area contributed by atoms with E-state index in [0.717, 1.165) is 4.88 Å². The first-order chi connectivity index (χ1) is 11.8. The van der Waals surface area contributed by atoms with Gasteiger partial charge in [0.1, 0.15) is 11.8 Å². The van der Waals surface area contributed by atoms with Crippen LogP contribution in [0.5, 0.6) is 5.75 Å². The standard InChI is InChI=1S/C17H18N4O2S/c1-23-15-7-3-2-6-13(15)20-17(22)18-12-14(16-8-4-11-24-16)21-10-5-9-19-21/h2-11,14H,12H2,1H3,(H2,18,20,22). The summed E-state index contributed by atoms with van der Waals surface area (Å²) in [7, 11) is 1.57. The van der Waals surface area contributed by atoms with Gasteiger partial charge in [-0.1, -0.05) is 18.2 Å². The van der Waals surface area contributed by atoms with Crippen molar-refractivity contribution in [2.75, 3.05) is 19.0 Å². The number of aromatic nitrogens is 2. The van der Waals surface area contributed by atoms with Gasteiger partial charge in [0.2, 0.25) is 0 Å². The van der Waals surface area contributed by atoms with Gasteiger partial charge in [0, 0.05) is 23.8 Å². The summed E-state index contributed by atoms with van der Waals surface area (Å²) in [5, 5.41) is 12.0. The number of nitrogens with zero attached hydrogens (tertiary/aromatic N) is 2. The summed E-state index contributed by atoms with van der Waals surface area (Å²) in [6.07, 6.45) is 3.62. The first kappa shape index (κ1) is 16.1. The highest BCUT2D eigenvalue weighted by Gasteiger charge is 2.16. The number of thiophene rings is 1. The topological polar surface area (TPSA) is 68.2 Å². The number of anilines is 1. The molecule has 2 aromatic heterocycles. The second kappa shape index (κ2) is 7.65. The number of carbonyl (C=O) groups excluding carboxylic acids is 1. The SMILES string of the molecule is COc1ccccc1NC(=O)NCC(c1cccs1)n1cccn1. The Morgan fingerprint density at radius 1 is 1.29 bits per heavy atom. The van der Waals surface area contributed by atoms with Gasteiger partial charge in [0.15, 0.2) is 0 Å². The minimum Gasteiger partial charge on any atom is -0.495 e. The van der Waals surface area contributed by atoms with Crippen LogP contribution in [-0.2, 0) is 0 Å². The molecule has 1 aromatic carbocycles. The van der Waals surface area contributed by atoms with Gasteiger partial charge in [0.05, 0.1) is 12.8 Å². The van der Waals surface area contributed by atoms with Gasteiger partial charge in [-0.25, -0.2) is 4.79 Å². The minimum absolute atomic E-state index is 0.0385. The van der Waals surface area contributed by atoms with Gasteiger partial charge in [-0.15, -0.1) is 11.3 Å². The van der Waals surface area contributed by atoms with Crippen LogP contribution in [0.25, 0.3) is 0 Å². The highest BCUT2D eigenvalue weighted by atomic mass is 32.1. The minimum atomic E-state index is -0.284. The molecule has 0 aliphatic carbocycles. The van der Waals surface area contributed by atoms with Crippen molar-refractivity contribution in [3.05, 3.63) is 65.1 Å². The van der Waals surface area contributed by atoms with E-state index in [9.17, 15) is 4.79 Å². The predicted molar refractivity (Wildman–Crippen MR) is 94.7 cm³/mol. The lowest BCUT2D eigenvalue weighted by Gasteiger charge is -2.17. The largest absolute Gasteiger partial charge is 0.495 e.